The van der Waals surface area contributed by atoms with Gasteiger partial charge in [0.1, 0.15) is 13.2 Å². The molecule has 1 amide bonds. The molecular weight excluding hydrogens is 562 g/mol. The number of carbonyl (C=O) groups excluding carboxylic acids is 1. The smallest absolute Gasteiger partial charge is 0.264 e. The maximum absolute atomic E-state index is 13.5. The lowest BCUT2D eigenvalue weighted by molar-refractivity contribution is -0.119. The molecule has 0 spiro atoms. The average molecular weight is 592 g/mol. The molecule has 0 radical (unpaired) electrons. The fourth-order valence-corrected chi connectivity index (χ4v) is 5.72. The zero-order chi connectivity index (χ0) is 29.2. The van der Waals surface area contributed by atoms with Gasteiger partial charge in [-0.2, -0.15) is 5.10 Å². The SMILES string of the molecule is CCOc1cc(/C=N\NC(=O)CN(c2ccc(Cl)cc2C)S(=O)(=O)c2ccccc2)ccc1OCc1ccccc1. The van der Waals surface area contributed by atoms with Crippen molar-refractivity contribution >= 4 is 39.4 Å². The first-order valence-electron chi connectivity index (χ1n) is 12.9. The highest BCUT2D eigenvalue weighted by Crippen LogP contribution is 2.30. The van der Waals surface area contributed by atoms with Crippen LogP contribution in [0.4, 0.5) is 5.69 Å². The van der Waals surface area contributed by atoms with Crippen LogP contribution in [0.2, 0.25) is 5.02 Å². The summed E-state index contributed by atoms with van der Waals surface area (Å²) in [5.41, 5.74) is 5.05. The minimum absolute atomic E-state index is 0.0590. The largest absolute Gasteiger partial charge is 0.490 e. The topological polar surface area (TPSA) is 97.3 Å². The lowest BCUT2D eigenvalue weighted by Crippen LogP contribution is -2.40. The van der Waals surface area contributed by atoms with Crippen molar-refractivity contribution in [3.8, 4) is 11.5 Å². The molecule has 0 aliphatic rings. The molecule has 0 atom stereocenters. The Balaban J connectivity index is 1.48. The molecule has 0 aliphatic heterocycles. The van der Waals surface area contributed by atoms with Crippen LogP contribution in [-0.2, 0) is 21.4 Å². The minimum atomic E-state index is -4.06. The van der Waals surface area contributed by atoms with Gasteiger partial charge >= 0.3 is 0 Å². The third-order valence-corrected chi connectivity index (χ3v) is 7.96. The molecule has 8 nitrogen and oxygen atoms in total. The molecule has 0 aliphatic carbocycles. The number of halogens is 1. The Morgan fingerprint density at radius 3 is 2.32 bits per heavy atom. The number of nitrogens with one attached hydrogen (secondary N) is 1. The van der Waals surface area contributed by atoms with Crippen molar-refractivity contribution in [1.82, 2.24) is 5.43 Å². The van der Waals surface area contributed by atoms with Crippen molar-refractivity contribution in [1.29, 1.82) is 0 Å². The summed E-state index contributed by atoms with van der Waals surface area (Å²) in [7, 11) is -4.06. The lowest BCUT2D eigenvalue weighted by Gasteiger charge is -2.25. The van der Waals surface area contributed by atoms with Crippen molar-refractivity contribution in [3.63, 3.8) is 0 Å². The van der Waals surface area contributed by atoms with E-state index in [9.17, 15) is 13.2 Å². The van der Waals surface area contributed by atoms with E-state index in [0.29, 0.717) is 46.5 Å². The predicted octanol–water partition coefficient (Wildman–Crippen LogP) is 5.97. The first-order valence-corrected chi connectivity index (χ1v) is 14.7. The Hall–Kier alpha value is -4.34. The van der Waals surface area contributed by atoms with Gasteiger partial charge in [-0.1, -0.05) is 60.1 Å². The highest BCUT2D eigenvalue weighted by atomic mass is 35.5. The standard InChI is InChI=1S/C31H30ClN3O5S/c1-3-39-30-19-25(14-17-29(30)40-22-24-10-6-4-7-11-24)20-33-34-31(36)21-35(28-16-15-26(32)18-23(28)2)41(37,38)27-12-8-5-9-13-27/h4-20H,3,21-22H2,1-2H3,(H,34,36)/b33-20-. The number of aryl methyl sites for hydroxylation is 1. The maximum Gasteiger partial charge on any atom is 0.264 e. The number of hydrogen-bond donors (Lipinski definition) is 1. The molecule has 0 fully saturated rings. The zero-order valence-corrected chi connectivity index (χ0v) is 24.2. The van der Waals surface area contributed by atoms with Crippen LogP contribution in [0.25, 0.3) is 0 Å². The molecule has 4 rings (SSSR count). The van der Waals surface area contributed by atoms with Gasteiger partial charge in [0.05, 0.1) is 23.4 Å². The molecule has 0 heterocycles. The normalized spacial score (nSPS) is 11.3. The number of hydrazone groups is 1. The van der Waals surface area contributed by atoms with Gasteiger partial charge in [-0.15, -0.1) is 0 Å². The van der Waals surface area contributed by atoms with Crippen molar-refractivity contribution in [2.24, 2.45) is 5.10 Å². The molecule has 1 N–H and O–H groups in total. The second-order valence-corrected chi connectivity index (χ2v) is 11.3. The molecule has 0 bridgehead atoms. The number of benzene rings is 4. The van der Waals surface area contributed by atoms with Gasteiger partial charge < -0.3 is 9.47 Å². The number of sulfonamides is 1. The number of nitrogens with zero attached hydrogens (tertiary/aromatic N) is 2. The number of ether oxygens (including phenoxy) is 2. The van der Waals surface area contributed by atoms with Crippen LogP contribution in [0.3, 0.4) is 0 Å². The fourth-order valence-electron chi connectivity index (χ4n) is 3.99. The monoisotopic (exact) mass is 591 g/mol. The third-order valence-electron chi connectivity index (χ3n) is 5.95. The summed E-state index contributed by atoms with van der Waals surface area (Å²) in [6.07, 6.45) is 1.45. The van der Waals surface area contributed by atoms with E-state index >= 15 is 0 Å². The summed E-state index contributed by atoms with van der Waals surface area (Å²) in [6, 6.07) is 27.8. The molecule has 0 saturated carbocycles. The van der Waals surface area contributed by atoms with Crippen LogP contribution < -0.4 is 19.2 Å². The molecule has 0 aromatic heterocycles. The molecule has 0 unspecified atom stereocenters. The number of rotatable bonds is 12. The summed E-state index contributed by atoms with van der Waals surface area (Å²) in [5.74, 6) is 0.497. The quantitative estimate of drug-likeness (QED) is 0.162. The van der Waals surface area contributed by atoms with E-state index in [0.717, 1.165) is 9.87 Å². The summed E-state index contributed by atoms with van der Waals surface area (Å²) in [5, 5.41) is 4.50. The Morgan fingerprint density at radius 2 is 1.63 bits per heavy atom. The molecular formula is C31H30ClN3O5S. The maximum atomic E-state index is 13.5. The van der Waals surface area contributed by atoms with E-state index in [2.05, 4.69) is 10.5 Å². The number of carbonyl (C=O) groups is 1. The molecule has 0 saturated heterocycles. The van der Waals surface area contributed by atoms with Crippen molar-refractivity contribution in [3.05, 3.63) is 119 Å². The minimum Gasteiger partial charge on any atom is -0.490 e. The van der Waals surface area contributed by atoms with E-state index < -0.39 is 22.5 Å². The second kappa shape index (κ2) is 13.8. The Labute approximate surface area is 245 Å². The Morgan fingerprint density at radius 1 is 0.927 bits per heavy atom. The molecule has 41 heavy (non-hydrogen) atoms. The summed E-state index contributed by atoms with van der Waals surface area (Å²) in [6.45, 7) is 3.94. The highest BCUT2D eigenvalue weighted by molar-refractivity contribution is 7.92. The Kier molecular flexibility index (Phi) is 10.00. The lowest BCUT2D eigenvalue weighted by atomic mass is 10.2. The van der Waals surface area contributed by atoms with Gasteiger partial charge in [-0.05, 0) is 79.1 Å². The van der Waals surface area contributed by atoms with Crippen LogP contribution in [0.15, 0.2) is 107 Å². The van der Waals surface area contributed by atoms with E-state index in [1.54, 1.807) is 61.5 Å². The van der Waals surface area contributed by atoms with E-state index in [-0.39, 0.29) is 4.90 Å². The molecule has 212 valence electrons. The van der Waals surface area contributed by atoms with E-state index in [4.69, 9.17) is 21.1 Å². The summed E-state index contributed by atoms with van der Waals surface area (Å²) >= 11 is 6.09. The van der Waals surface area contributed by atoms with Crippen LogP contribution in [0, 0.1) is 6.92 Å². The van der Waals surface area contributed by atoms with Crippen LogP contribution >= 0.6 is 11.6 Å². The first kappa shape index (κ1) is 29.6. The van der Waals surface area contributed by atoms with Gasteiger partial charge in [0.2, 0.25) is 0 Å². The first-order chi connectivity index (χ1) is 19.8. The zero-order valence-electron chi connectivity index (χ0n) is 22.7. The summed E-state index contributed by atoms with van der Waals surface area (Å²) in [4.78, 5) is 13.0. The van der Waals surface area contributed by atoms with Gasteiger partial charge in [-0.3, -0.25) is 9.10 Å². The molecule has 4 aromatic rings. The highest BCUT2D eigenvalue weighted by Gasteiger charge is 2.28. The van der Waals surface area contributed by atoms with Crippen molar-refractivity contribution in [2.45, 2.75) is 25.3 Å². The van der Waals surface area contributed by atoms with Crippen LogP contribution in [0.5, 0.6) is 11.5 Å². The van der Waals surface area contributed by atoms with E-state index in [1.807, 2.05) is 37.3 Å². The molecule has 4 aromatic carbocycles. The Bertz CT molecular complexity index is 1610. The van der Waals surface area contributed by atoms with Gasteiger partial charge in [-0.25, -0.2) is 13.8 Å². The van der Waals surface area contributed by atoms with Crippen LogP contribution in [-0.4, -0.2) is 33.7 Å². The predicted molar refractivity (Wildman–Crippen MR) is 161 cm³/mol. The van der Waals surface area contributed by atoms with E-state index in [1.165, 1.54) is 18.3 Å². The van der Waals surface area contributed by atoms with Gasteiger partial charge in [0, 0.05) is 5.02 Å². The number of anilines is 1. The molecule has 10 heteroatoms. The third kappa shape index (κ3) is 7.87. The van der Waals surface area contributed by atoms with Crippen LogP contribution in [0.1, 0.15) is 23.6 Å². The second-order valence-electron chi connectivity index (χ2n) is 8.96. The van der Waals surface area contributed by atoms with Gasteiger partial charge in [0.25, 0.3) is 15.9 Å². The fraction of sp³-hybridized carbons (Fsp3) is 0.161. The van der Waals surface area contributed by atoms with Gasteiger partial charge in [0.15, 0.2) is 11.5 Å². The number of amides is 1. The summed E-state index contributed by atoms with van der Waals surface area (Å²) < 4.78 is 39.8. The van der Waals surface area contributed by atoms with Crippen molar-refractivity contribution < 1.29 is 22.7 Å². The number of hydrogen-bond acceptors (Lipinski definition) is 6. The average Bonchev–Trinajstić information content (AvgIpc) is 2.97. The van der Waals surface area contributed by atoms with Crippen molar-refractivity contribution in [2.75, 3.05) is 17.5 Å².